The number of fused-ring (bicyclic) bond motifs is 2. The Morgan fingerprint density at radius 1 is 1.24 bits per heavy atom. The van der Waals surface area contributed by atoms with Crippen molar-refractivity contribution >= 4 is 55.5 Å². The zero-order valence-electron chi connectivity index (χ0n) is 21.0. The minimum absolute atomic E-state index is 0.0792. The summed E-state index contributed by atoms with van der Waals surface area (Å²) >= 11 is 0. The van der Waals surface area contributed by atoms with Gasteiger partial charge in [-0.3, -0.25) is 28.3 Å². The lowest BCUT2D eigenvalue weighted by Gasteiger charge is -2.44. The smallest absolute Gasteiger partial charge is 0.244 e. The molecule has 0 aromatic heterocycles. The van der Waals surface area contributed by atoms with Crippen molar-refractivity contribution in [2.24, 2.45) is 4.40 Å². The van der Waals surface area contributed by atoms with E-state index in [0.29, 0.717) is 12.0 Å². The summed E-state index contributed by atoms with van der Waals surface area (Å²) in [7, 11) is -6.33. The molecule has 1 atom stereocenters. The molecule has 204 valence electrons. The minimum Gasteiger partial charge on any atom is -0.506 e. The Kier molecular flexibility index (Phi) is 7.05. The summed E-state index contributed by atoms with van der Waals surface area (Å²) < 4.78 is 51.3. The quantitative estimate of drug-likeness (QED) is 0.312. The molecule has 1 aliphatic heterocycles. The van der Waals surface area contributed by atoms with E-state index in [1.165, 1.54) is 32.2 Å². The highest BCUT2D eigenvalue weighted by molar-refractivity contribution is 8.23. The number of sulfonamides is 1. The molecule has 0 saturated heterocycles. The molecule has 1 unspecified atom stereocenters. The molecule has 5 N–H and O–H groups in total. The number of hydrogen-bond acceptors (Lipinski definition) is 10. The summed E-state index contributed by atoms with van der Waals surface area (Å²) in [6.07, 6.45) is 1.54. The average Bonchev–Trinajstić information content (AvgIpc) is 2.82. The van der Waals surface area contributed by atoms with Crippen LogP contribution in [0.2, 0.25) is 0 Å². The summed E-state index contributed by atoms with van der Waals surface area (Å²) in [5.41, 5.74) is -1.22. The van der Waals surface area contributed by atoms with E-state index in [1.807, 2.05) is 6.92 Å². The summed E-state index contributed by atoms with van der Waals surface area (Å²) in [6.45, 7) is 3.08. The fourth-order valence-electron chi connectivity index (χ4n) is 4.87. The molecule has 38 heavy (non-hydrogen) atoms. The van der Waals surface area contributed by atoms with Crippen LogP contribution in [0.4, 0.5) is 11.4 Å². The number of rotatable bonds is 7. The molecule has 14 heteroatoms. The summed E-state index contributed by atoms with van der Waals surface area (Å²) in [5, 5.41) is 15.1. The van der Waals surface area contributed by atoms with Crippen molar-refractivity contribution < 1.29 is 37.1 Å². The van der Waals surface area contributed by atoms with Crippen molar-refractivity contribution in [1.29, 1.82) is 0 Å². The zero-order valence-corrected chi connectivity index (χ0v) is 22.7. The highest BCUT2D eigenvalue weighted by Crippen LogP contribution is 2.57. The molecule has 1 aliphatic carbocycles. The number of amidine groups is 1. The Bertz CT molecular complexity index is 1500. The van der Waals surface area contributed by atoms with Gasteiger partial charge in [-0.25, -0.2) is 13.5 Å². The average molecular weight is 565 g/mol. The Labute approximate surface area is 221 Å². The number of nitrogens with one attached hydrogen (secondary N) is 2. The minimum atomic E-state index is -3.95. The van der Waals surface area contributed by atoms with Gasteiger partial charge in [-0.1, -0.05) is 48.4 Å². The van der Waals surface area contributed by atoms with E-state index in [1.54, 1.807) is 24.3 Å². The van der Waals surface area contributed by atoms with Crippen molar-refractivity contribution in [1.82, 2.24) is 5.06 Å². The molecule has 0 spiro atoms. The third-order valence-electron chi connectivity index (χ3n) is 6.18. The number of nitrogens with zero attached hydrogens (tertiary/aromatic N) is 2. The maximum atomic E-state index is 14.3. The number of amides is 1. The van der Waals surface area contributed by atoms with Crippen molar-refractivity contribution in [3.63, 3.8) is 0 Å². The van der Waals surface area contributed by atoms with E-state index in [-0.39, 0.29) is 39.7 Å². The van der Waals surface area contributed by atoms with E-state index in [2.05, 4.69) is 14.4 Å². The standard InChI is InChI=1S/C24H28N4O8S2/c1-5-12-24(28(36-3)14(2)29)17-9-7-6-8-16(17)21(30)20(22(24)31)23-25-18-11-10-15(26-37(4,32)33)13-19(18)38(34,35)27-23/h6-11,13,26,30,34-35H,5,12H2,1-4H3,(H,25,27). The first kappa shape index (κ1) is 27.6. The molecule has 0 fully saturated rings. The number of aliphatic hydroxyl groups excluding tert-OH is 1. The third-order valence-corrected chi connectivity index (χ3v) is 8.15. The fourth-order valence-corrected chi connectivity index (χ4v) is 6.62. The Morgan fingerprint density at radius 3 is 2.53 bits per heavy atom. The van der Waals surface area contributed by atoms with Gasteiger partial charge in [-0.15, -0.1) is 4.40 Å². The number of hydroxylamine groups is 2. The van der Waals surface area contributed by atoms with Gasteiger partial charge >= 0.3 is 0 Å². The van der Waals surface area contributed by atoms with Gasteiger partial charge < -0.3 is 10.4 Å². The molecule has 4 rings (SSSR count). The lowest BCUT2D eigenvalue weighted by Crippen LogP contribution is -2.56. The number of benzene rings is 2. The highest BCUT2D eigenvalue weighted by atomic mass is 32.3. The van der Waals surface area contributed by atoms with Crippen LogP contribution in [0.15, 0.2) is 57.3 Å². The van der Waals surface area contributed by atoms with Gasteiger partial charge in [0.1, 0.15) is 16.2 Å². The SMILES string of the molecule is CCCC1(N(OC)C(C)=O)C(=O)C(C2=NS(O)(O)c3cc(NS(C)(=O)=O)ccc3N2)=C(O)c2ccccc21. The number of hydrogen-bond donors (Lipinski definition) is 5. The van der Waals surface area contributed by atoms with Crippen LogP contribution < -0.4 is 10.0 Å². The maximum absolute atomic E-state index is 14.3. The van der Waals surface area contributed by atoms with Crippen LogP contribution in [0.3, 0.4) is 0 Å². The van der Waals surface area contributed by atoms with E-state index < -0.39 is 43.8 Å². The molecule has 0 radical (unpaired) electrons. The lowest BCUT2D eigenvalue weighted by molar-refractivity contribution is -0.211. The molecular weight excluding hydrogens is 536 g/mol. The summed E-state index contributed by atoms with van der Waals surface area (Å²) in [6, 6.07) is 10.5. The van der Waals surface area contributed by atoms with Crippen LogP contribution in [0.1, 0.15) is 37.8 Å². The Hall–Kier alpha value is -3.43. The highest BCUT2D eigenvalue weighted by Gasteiger charge is 2.54. The van der Waals surface area contributed by atoms with Crippen LogP contribution in [0.5, 0.6) is 0 Å². The van der Waals surface area contributed by atoms with Crippen molar-refractivity contribution in [3.8, 4) is 0 Å². The number of carbonyl (C=O) groups is 2. The second kappa shape index (κ2) is 9.71. The third kappa shape index (κ3) is 4.54. The first-order chi connectivity index (χ1) is 17.8. The van der Waals surface area contributed by atoms with Gasteiger partial charge in [-0.05, 0) is 30.2 Å². The molecule has 0 saturated carbocycles. The molecular formula is C24H28N4O8S2. The van der Waals surface area contributed by atoms with Crippen LogP contribution in [0.25, 0.3) is 5.76 Å². The van der Waals surface area contributed by atoms with Crippen molar-refractivity contribution in [2.45, 2.75) is 37.1 Å². The van der Waals surface area contributed by atoms with Crippen molar-refractivity contribution in [2.75, 3.05) is 23.4 Å². The number of ketones is 1. The number of aliphatic hydroxyl groups is 1. The number of anilines is 2. The molecule has 12 nitrogen and oxygen atoms in total. The zero-order chi connectivity index (χ0) is 28.0. The largest absolute Gasteiger partial charge is 0.506 e. The van der Waals surface area contributed by atoms with Crippen LogP contribution in [-0.2, 0) is 30.0 Å². The molecule has 2 aliphatic rings. The van der Waals surface area contributed by atoms with Crippen LogP contribution >= 0.6 is 10.8 Å². The lowest BCUT2D eigenvalue weighted by atomic mass is 9.71. The number of Topliss-reactive ketones (excluding diaryl/α,β-unsaturated/α-hetero) is 1. The normalized spacial score (nSPS) is 21.0. The first-order valence-corrected chi connectivity index (χ1v) is 14.9. The predicted octanol–water partition coefficient (Wildman–Crippen LogP) is 3.86. The van der Waals surface area contributed by atoms with E-state index in [0.717, 1.165) is 11.3 Å². The summed E-state index contributed by atoms with van der Waals surface area (Å²) in [5.74, 6) is -2.06. The second-order valence-electron chi connectivity index (χ2n) is 8.87. The second-order valence-corrected chi connectivity index (χ2v) is 12.3. The number of carbonyl (C=O) groups excluding carboxylic acids is 2. The van der Waals surface area contributed by atoms with E-state index in [4.69, 9.17) is 4.84 Å². The molecule has 1 amide bonds. The first-order valence-electron chi connectivity index (χ1n) is 11.5. The molecule has 0 bridgehead atoms. The molecule has 2 aromatic rings. The van der Waals surface area contributed by atoms with Gasteiger partial charge in [0.15, 0.2) is 11.4 Å². The van der Waals surface area contributed by atoms with Crippen molar-refractivity contribution in [3.05, 3.63) is 59.2 Å². The molecule has 2 aromatic carbocycles. The maximum Gasteiger partial charge on any atom is 0.244 e. The van der Waals surface area contributed by atoms with Gasteiger partial charge in [0.05, 0.1) is 24.7 Å². The predicted molar refractivity (Wildman–Crippen MR) is 144 cm³/mol. The molecule has 1 heterocycles. The van der Waals surface area contributed by atoms with Gasteiger partial charge in [0.25, 0.3) is 0 Å². The van der Waals surface area contributed by atoms with Gasteiger partial charge in [0, 0.05) is 12.5 Å². The van der Waals surface area contributed by atoms with E-state index >= 15 is 0 Å². The van der Waals surface area contributed by atoms with Crippen LogP contribution in [-0.4, -0.2) is 58.6 Å². The van der Waals surface area contributed by atoms with Gasteiger partial charge in [0.2, 0.25) is 21.7 Å². The topological polar surface area (TPSA) is 178 Å². The van der Waals surface area contributed by atoms with Crippen LogP contribution in [0, 0.1) is 0 Å². The Morgan fingerprint density at radius 2 is 1.92 bits per heavy atom. The monoisotopic (exact) mass is 564 g/mol. The summed E-state index contributed by atoms with van der Waals surface area (Å²) in [4.78, 5) is 32.3. The van der Waals surface area contributed by atoms with E-state index in [9.17, 15) is 32.2 Å². The Balaban J connectivity index is 1.93. The van der Waals surface area contributed by atoms with Gasteiger partial charge in [-0.2, -0.15) is 0 Å². The fraction of sp³-hybridized carbons (Fsp3) is 0.292.